The van der Waals surface area contributed by atoms with Crippen molar-refractivity contribution in [1.29, 1.82) is 0 Å². The van der Waals surface area contributed by atoms with Gasteiger partial charge in [-0.05, 0) is 55.0 Å². The Labute approximate surface area is 202 Å². The molecule has 1 aromatic heterocycles. The maximum absolute atomic E-state index is 12.7. The number of aryl methyl sites for hydroxylation is 2. The van der Waals surface area contributed by atoms with E-state index in [4.69, 9.17) is 16.3 Å². The SMILES string of the molecule is Cc1ccc(-n2cnnc2SCC(=O)OCC(=O)N(C)C2CCCc3ccccc32)cc1Cl. The van der Waals surface area contributed by atoms with Gasteiger partial charge in [0.2, 0.25) is 0 Å². The number of fused-ring (bicyclic) bond motifs is 1. The van der Waals surface area contributed by atoms with Gasteiger partial charge < -0.3 is 9.64 Å². The number of rotatable bonds is 7. The van der Waals surface area contributed by atoms with Crippen molar-refractivity contribution >= 4 is 35.2 Å². The first kappa shape index (κ1) is 23.3. The van der Waals surface area contributed by atoms with Crippen LogP contribution in [0, 0.1) is 6.92 Å². The minimum atomic E-state index is -0.484. The fourth-order valence-corrected chi connectivity index (χ4v) is 4.85. The number of carbonyl (C=O) groups is 2. The van der Waals surface area contributed by atoms with Gasteiger partial charge in [0.05, 0.1) is 17.5 Å². The summed E-state index contributed by atoms with van der Waals surface area (Å²) in [6, 6.07) is 13.9. The molecule has 1 aliphatic carbocycles. The monoisotopic (exact) mass is 484 g/mol. The Balaban J connectivity index is 1.30. The average Bonchev–Trinajstić information content (AvgIpc) is 3.30. The number of thioether (sulfide) groups is 1. The summed E-state index contributed by atoms with van der Waals surface area (Å²) in [7, 11) is 1.77. The summed E-state index contributed by atoms with van der Waals surface area (Å²) in [5.41, 5.74) is 4.23. The third-order valence-electron chi connectivity index (χ3n) is 5.82. The number of benzene rings is 2. The molecular formula is C24H25ClN4O3S. The van der Waals surface area contributed by atoms with E-state index in [2.05, 4.69) is 22.3 Å². The van der Waals surface area contributed by atoms with Crippen LogP contribution in [0.15, 0.2) is 53.9 Å². The van der Waals surface area contributed by atoms with Gasteiger partial charge in [-0.2, -0.15) is 0 Å². The minimum Gasteiger partial charge on any atom is -0.455 e. The lowest BCUT2D eigenvalue weighted by Crippen LogP contribution is -2.36. The van der Waals surface area contributed by atoms with Crippen LogP contribution in [0.4, 0.5) is 0 Å². The van der Waals surface area contributed by atoms with Crippen molar-refractivity contribution in [2.75, 3.05) is 19.4 Å². The first-order valence-corrected chi connectivity index (χ1v) is 12.1. The lowest BCUT2D eigenvalue weighted by molar-refractivity contribution is -0.150. The molecule has 0 aliphatic heterocycles. The number of halogens is 1. The second-order valence-electron chi connectivity index (χ2n) is 7.98. The fraction of sp³-hybridized carbons (Fsp3) is 0.333. The number of likely N-dealkylation sites (N-methyl/N-ethyl adjacent to an activating group) is 1. The maximum Gasteiger partial charge on any atom is 0.316 e. The van der Waals surface area contributed by atoms with Crippen LogP contribution in [0.1, 0.15) is 35.6 Å². The number of hydrogen-bond donors (Lipinski definition) is 0. The number of nitrogens with zero attached hydrogens (tertiary/aromatic N) is 4. The van der Waals surface area contributed by atoms with Crippen molar-refractivity contribution in [2.24, 2.45) is 0 Å². The predicted molar refractivity (Wildman–Crippen MR) is 128 cm³/mol. The number of aromatic nitrogens is 3. The van der Waals surface area contributed by atoms with Crippen molar-refractivity contribution in [3.63, 3.8) is 0 Å². The summed E-state index contributed by atoms with van der Waals surface area (Å²) in [4.78, 5) is 26.7. The van der Waals surface area contributed by atoms with Gasteiger partial charge in [-0.1, -0.05) is 53.7 Å². The molecule has 4 rings (SSSR count). The molecular weight excluding hydrogens is 460 g/mol. The van der Waals surface area contributed by atoms with E-state index in [1.165, 1.54) is 22.9 Å². The predicted octanol–water partition coefficient (Wildman–Crippen LogP) is 4.40. The summed E-state index contributed by atoms with van der Waals surface area (Å²) in [5, 5.41) is 9.18. The van der Waals surface area contributed by atoms with Crippen LogP contribution in [0.5, 0.6) is 0 Å². The largest absolute Gasteiger partial charge is 0.455 e. The van der Waals surface area contributed by atoms with Crippen molar-refractivity contribution in [3.8, 4) is 5.69 Å². The summed E-state index contributed by atoms with van der Waals surface area (Å²) < 4.78 is 7.01. The van der Waals surface area contributed by atoms with Crippen LogP contribution in [-0.4, -0.2) is 50.9 Å². The second-order valence-corrected chi connectivity index (χ2v) is 9.33. The van der Waals surface area contributed by atoms with E-state index >= 15 is 0 Å². The lowest BCUT2D eigenvalue weighted by Gasteiger charge is -2.33. The average molecular weight is 485 g/mol. The molecule has 1 amide bonds. The number of esters is 1. The molecule has 172 valence electrons. The van der Waals surface area contributed by atoms with Gasteiger partial charge >= 0.3 is 5.97 Å². The Morgan fingerprint density at radius 2 is 2.09 bits per heavy atom. The molecule has 9 heteroatoms. The first-order valence-electron chi connectivity index (χ1n) is 10.7. The lowest BCUT2D eigenvalue weighted by atomic mass is 9.87. The topological polar surface area (TPSA) is 77.3 Å². The van der Waals surface area contributed by atoms with E-state index in [-0.39, 0.29) is 24.3 Å². The molecule has 0 radical (unpaired) electrons. The van der Waals surface area contributed by atoms with Crippen LogP contribution in [-0.2, 0) is 20.7 Å². The third kappa shape index (κ3) is 5.39. The quantitative estimate of drug-likeness (QED) is 0.365. The zero-order valence-corrected chi connectivity index (χ0v) is 20.1. The first-order chi connectivity index (χ1) is 15.9. The number of ether oxygens (including phenoxy) is 1. The van der Waals surface area contributed by atoms with Crippen molar-refractivity contribution in [3.05, 3.63) is 70.5 Å². The summed E-state index contributed by atoms with van der Waals surface area (Å²) in [6.45, 7) is 1.64. The van der Waals surface area contributed by atoms with Crippen LogP contribution in [0.3, 0.4) is 0 Å². The molecule has 1 aliphatic rings. The second kappa shape index (κ2) is 10.4. The molecule has 0 saturated heterocycles. The van der Waals surface area contributed by atoms with Crippen LogP contribution in [0.25, 0.3) is 5.69 Å². The Morgan fingerprint density at radius 3 is 2.91 bits per heavy atom. The highest BCUT2D eigenvalue weighted by molar-refractivity contribution is 7.99. The van der Waals surface area contributed by atoms with Crippen LogP contribution in [0.2, 0.25) is 5.02 Å². The molecule has 1 atom stereocenters. The van der Waals surface area contributed by atoms with Crippen molar-refractivity contribution in [1.82, 2.24) is 19.7 Å². The van der Waals surface area contributed by atoms with Crippen LogP contribution < -0.4 is 0 Å². The molecule has 1 unspecified atom stereocenters. The minimum absolute atomic E-state index is 0.00964. The molecule has 0 saturated carbocycles. The van der Waals surface area contributed by atoms with Gasteiger partial charge in [0.1, 0.15) is 6.33 Å². The smallest absolute Gasteiger partial charge is 0.316 e. The van der Waals surface area contributed by atoms with E-state index < -0.39 is 5.97 Å². The van der Waals surface area contributed by atoms with Gasteiger partial charge in [0.25, 0.3) is 5.91 Å². The zero-order valence-electron chi connectivity index (χ0n) is 18.5. The molecule has 2 aromatic carbocycles. The summed E-state index contributed by atoms with van der Waals surface area (Å²) >= 11 is 7.41. The van der Waals surface area contributed by atoms with Gasteiger partial charge in [-0.25, -0.2) is 0 Å². The highest BCUT2D eigenvalue weighted by atomic mass is 35.5. The highest BCUT2D eigenvalue weighted by Crippen LogP contribution is 2.33. The summed E-state index contributed by atoms with van der Waals surface area (Å²) in [6.07, 6.45) is 4.53. The Morgan fingerprint density at radius 1 is 1.27 bits per heavy atom. The molecule has 0 spiro atoms. The third-order valence-corrected chi connectivity index (χ3v) is 7.15. The van der Waals surface area contributed by atoms with Crippen LogP contribution >= 0.6 is 23.4 Å². The number of carbonyl (C=O) groups excluding carboxylic acids is 2. The normalized spacial score (nSPS) is 15.1. The van der Waals surface area contributed by atoms with E-state index in [1.807, 2.05) is 37.3 Å². The zero-order chi connectivity index (χ0) is 23.4. The standard InChI is InChI=1S/C24H25ClN4O3S/c1-16-10-11-18(12-20(16)25)29-15-26-27-24(29)33-14-23(31)32-13-22(30)28(2)21-9-5-7-17-6-3-4-8-19(17)21/h3-4,6,8,10-12,15,21H,5,7,9,13-14H2,1-2H3. The molecule has 0 fully saturated rings. The van der Waals surface area contributed by atoms with E-state index in [9.17, 15) is 9.59 Å². The van der Waals surface area contributed by atoms with Gasteiger partial charge in [-0.15, -0.1) is 10.2 Å². The molecule has 1 heterocycles. The Bertz CT molecular complexity index is 1170. The Hall–Kier alpha value is -2.84. The molecule has 3 aromatic rings. The Kier molecular flexibility index (Phi) is 7.35. The van der Waals surface area contributed by atoms with E-state index in [0.29, 0.717) is 10.2 Å². The number of amides is 1. The summed E-state index contributed by atoms with van der Waals surface area (Å²) in [5.74, 6) is -0.684. The fourth-order valence-electron chi connectivity index (χ4n) is 3.95. The maximum atomic E-state index is 12.7. The van der Waals surface area contributed by atoms with E-state index in [1.54, 1.807) is 22.8 Å². The van der Waals surface area contributed by atoms with Crippen molar-refractivity contribution < 1.29 is 14.3 Å². The number of hydrogen-bond acceptors (Lipinski definition) is 6. The molecule has 7 nitrogen and oxygen atoms in total. The highest BCUT2D eigenvalue weighted by Gasteiger charge is 2.27. The molecule has 0 N–H and O–H groups in total. The van der Waals surface area contributed by atoms with Gasteiger partial charge in [-0.3, -0.25) is 14.2 Å². The van der Waals surface area contributed by atoms with E-state index in [0.717, 1.165) is 30.5 Å². The molecule has 0 bridgehead atoms. The van der Waals surface area contributed by atoms with Gasteiger partial charge in [0.15, 0.2) is 11.8 Å². The van der Waals surface area contributed by atoms with Crippen molar-refractivity contribution in [2.45, 2.75) is 37.4 Å². The molecule has 33 heavy (non-hydrogen) atoms. The van der Waals surface area contributed by atoms with Gasteiger partial charge in [0, 0.05) is 12.1 Å².